The molecule has 1 fully saturated rings. The van der Waals surface area contributed by atoms with Crippen LogP contribution in [0.4, 0.5) is 17.1 Å². The number of nitrogens with two attached hydrogens (primary N) is 2. The highest BCUT2D eigenvalue weighted by Gasteiger charge is 2.25. The predicted octanol–water partition coefficient (Wildman–Crippen LogP) is 4.75. The molecule has 4 N–H and O–H groups in total. The Bertz CT molecular complexity index is 785. The van der Waals surface area contributed by atoms with Gasteiger partial charge in [0, 0.05) is 19.6 Å². The Morgan fingerprint density at radius 3 is 2.37 bits per heavy atom. The van der Waals surface area contributed by atoms with Crippen LogP contribution in [-0.4, -0.2) is 13.1 Å². The monoisotopic (exact) mass is 366 g/mol. The van der Waals surface area contributed by atoms with Crippen LogP contribution in [0.15, 0.2) is 36.4 Å². The summed E-state index contributed by atoms with van der Waals surface area (Å²) < 4.78 is 0. The number of rotatable bonds is 4. The van der Waals surface area contributed by atoms with Crippen LogP contribution in [0.2, 0.25) is 0 Å². The summed E-state index contributed by atoms with van der Waals surface area (Å²) in [7, 11) is 0. The normalized spacial score (nSPS) is 15.1. The van der Waals surface area contributed by atoms with Gasteiger partial charge in [0.2, 0.25) is 0 Å². The van der Waals surface area contributed by atoms with Gasteiger partial charge in [0.05, 0.1) is 17.1 Å². The average Bonchev–Trinajstić information content (AvgIpc) is 2.66. The van der Waals surface area contributed by atoms with Gasteiger partial charge < -0.3 is 10.6 Å². The number of anilines is 3. The van der Waals surface area contributed by atoms with E-state index in [1.54, 1.807) is 0 Å². The van der Waals surface area contributed by atoms with Gasteiger partial charge in [0.1, 0.15) is 0 Å². The van der Waals surface area contributed by atoms with Crippen molar-refractivity contribution in [3.05, 3.63) is 53.1 Å². The summed E-state index contributed by atoms with van der Waals surface area (Å²) in [6.45, 7) is 11.6. The Balaban J connectivity index is 2.10. The first-order chi connectivity index (χ1) is 12.8. The first kappa shape index (κ1) is 19.7. The molecule has 2 aromatic carbocycles. The van der Waals surface area contributed by atoms with Crippen molar-refractivity contribution in [2.24, 2.45) is 11.6 Å². The van der Waals surface area contributed by atoms with Gasteiger partial charge in [-0.3, -0.25) is 5.01 Å². The maximum absolute atomic E-state index is 6.79. The summed E-state index contributed by atoms with van der Waals surface area (Å²) >= 11 is 0. The third-order valence-corrected chi connectivity index (χ3v) is 5.52. The van der Waals surface area contributed by atoms with Gasteiger partial charge in [-0.05, 0) is 60.4 Å². The predicted molar refractivity (Wildman–Crippen MR) is 117 cm³/mol. The molecule has 0 aliphatic carbocycles. The van der Waals surface area contributed by atoms with Crippen LogP contribution in [-0.2, 0) is 12.0 Å². The smallest absolute Gasteiger partial charge is 0.0837 e. The molecule has 1 saturated heterocycles. The van der Waals surface area contributed by atoms with Crippen LogP contribution >= 0.6 is 0 Å². The highest BCUT2D eigenvalue weighted by molar-refractivity contribution is 5.81. The van der Waals surface area contributed by atoms with Crippen molar-refractivity contribution >= 4 is 17.1 Å². The number of nitrogens with zero attached hydrogens (tertiary/aromatic N) is 2. The SMILES string of the molecule is Cc1cccc(N2CCCCC2)c1N(N)c1ccc(CN)cc1C(C)(C)C. The summed E-state index contributed by atoms with van der Waals surface area (Å²) in [6, 6.07) is 12.9. The zero-order chi connectivity index (χ0) is 19.6. The molecule has 146 valence electrons. The summed E-state index contributed by atoms with van der Waals surface area (Å²) in [5.74, 6) is 6.79. The molecular formula is C23H34N4. The Morgan fingerprint density at radius 2 is 1.74 bits per heavy atom. The molecule has 1 aliphatic rings. The number of aryl methyl sites for hydroxylation is 1. The number of benzene rings is 2. The zero-order valence-electron chi connectivity index (χ0n) is 17.3. The van der Waals surface area contributed by atoms with Crippen molar-refractivity contribution in [2.45, 2.75) is 58.9 Å². The van der Waals surface area contributed by atoms with Gasteiger partial charge in [-0.2, -0.15) is 0 Å². The van der Waals surface area contributed by atoms with E-state index >= 15 is 0 Å². The zero-order valence-corrected chi connectivity index (χ0v) is 17.3. The summed E-state index contributed by atoms with van der Waals surface area (Å²) in [6.07, 6.45) is 3.81. The standard InChI is InChI=1S/C23H34N4/c1-17-9-8-10-21(26-13-6-5-7-14-26)22(17)27(25)20-12-11-18(16-24)15-19(20)23(2,3)4/h8-12,15H,5-7,13-14,16,24-25H2,1-4H3. The molecule has 1 aliphatic heterocycles. The molecular weight excluding hydrogens is 332 g/mol. The van der Waals surface area contributed by atoms with E-state index in [4.69, 9.17) is 11.6 Å². The van der Waals surface area contributed by atoms with E-state index in [1.165, 1.54) is 36.1 Å². The van der Waals surface area contributed by atoms with Crippen molar-refractivity contribution in [3.8, 4) is 0 Å². The molecule has 0 aromatic heterocycles. The van der Waals surface area contributed by atoms with Gasteiger partial charge in [-0.15, -0.1) is 0 Å². The minimum Gasteiger partial charge on any atom is -0.370 e. The topological polar surface area (TPSA) is 58.5 Å². The number of hydrazine groups is 1. The molecule has 0 spiro atoms. The fraction of sp³-hybridized carbons (Fsp3) is 0.478. The van der Waals surface area contributed by atoms with E-state index in [0.717, 1.165) is 30.0 Å². The van der Waals surface area contributed by atoms with Crippen LogP contribution in [0.1, 0.15) is 56.7 Å². The maximum atomic E-state index is 6.79. The molecule has 0 saturated carbocycles. The first-order valence-electron chi connectivity index (χ1n) is 10.1. The van der Waals surface area contributed by atoms with Crippen molar-refractivity contribution in [1.82, 2.24) is 0 Å². The molecule has 0 unspecified atom stereocenters. The highest BCUT2D eigenvalue weighted by atomic mass is 15.4. The third kappa shape index (κ3) is 4.12. The lowest BCUT2D eigenvalue weighted by molar-refractivity contribution is 0.577. The maximum Gasteiger partial charge on any atom is 0.0837 e. The third-order valence-electron chi connectivity index (χ3n) is 5.52. The average molecular weight is 367 g/mol. The van der Waals surface area contributed by atoms with Crippen LogP contribution in [0, 0.1) is 6.92 Å². The Morgan fingerprint density at radius 1 is 1.04 bits per heavy atom. The van der Waals surface area contributed by atoms with Crippen LogP contribution in [0.25, 0.3) is 0 Å². The highest BCUT2D eigenvalue weighted by Crippen LogP contribution is 2.40. The molecule has 0 radical (unpaired) electrons. The molecule has 0 amide bonds. The van der Waals surface area contributed by atoms with Crippen molar-refractivity contribution in [1.29, 1.82) is 0 Å². The van der Waals surface area contributed by atoms with E-state index in [0.29, 0.717) is 6.54 Å². The second-order valence-corrected chi connectivity index (χ2v) is 8.67. The van der Waals surface area contributed by atoms with E-state index < -0.39 is 0 Å². The minimum atomic E-state index is -0.0217. The van der Waals surface area contributed by atoms with Gasteiger partial charge >= 0.3 is 0 Å². The Kier molecular flexibility index (Phi) is 5.78. The lowest BCUT2D eigenvalue weighted by atomic mass is 9.84. The van der Waals surface area contributed by atoms with Crippen molar-refractivity contribution < 1.29 is 0 Å². The molecule has 4 nitrogen and oxygen atoms in total. The van der Waals surface area contributed by atoms with Crippen LogP contribution < -0.4 is 21.5 Å². The van der Waals surface area contributed by atoms with Crippen molar-refractivity contribution in [2.75, 3.05) is 23.0 Å². The fourth-order valence-electron chi connectivity index (χ4n) is 3.99. The lowest BCUT2D eigenvalue weighted by Crippen LogP contribution is -2.34. The molecule has 3 rings (SSSR count). The van der Waals surface area contributed by atoms with E-state index in [9.17, 15) is 0 Å². The number of piperidine rings is 1. The molecule has 4 heteroatoms. The van der Waals surface area contributed by atoms with E-state index in [2.05, 4.69) is 69.0 Å². The minimum absolute atomic E-state index is 0.0217. The summed E-state index contributed by atoms with van der Waals surface area (Å²) in [5.41, 5.74) is 12.8. The van der Waals surface area contributed by atoms with Gasteiger partial charge in [-0.1, -0.05) is 45.0 Å². The molecule has 27 heavy (non-hydrogen) atoms. The summed E-state index contributed by atoms with van der Waals surface area (Å²) in [5, 5.41) is 1.89. The fourth-order valence-corrected chi connectivity index (χ4v) is 3.99. The Hall–Kier alpha value is -2.04. The van der Waals surface area contributed by atoms with Gasteiger partial charge in [0.15, 0.2) is 0 Å². The van der Waals surface area contributed by atoms with E-state index in [1.807, 2.05) is 5.01 Å². The lowest BCUT2D eigenvalue weighted by Gasteiger charge is -2.35. The van der Waals surface area contributed by atoms with E-state index in [-0.39, 0.29) is 5.41 Å². The molecule has 2 aromatic rings. The Labute approximate surface area is 164 Å². The summed E-state index contributed by atoms with van der Waals surface area (Å²) in [4.78, 5) is 2.48. The van der Waals surface area contributed by atoms with Crippen molar-refractivity contribution in [3.63, 3.8) is 0 Å². The largest absolute Gasteiger partial charge is 0.370 e. The molecule has 0 bridgehead atoms. The second-order valence-electron chi connectivity index (χ2n) is 8.67. The first-order valence-corrected chi connectivity index (χ1v) is 10.1. The van der Waals surface area contributed by atoms with Crippen LogP contribution in [0.3, 0.4) is 0 Å². The molecule has 1 heterocycles. The molecule has 0 atom stereocenters. The number of hydrogen-bond donors (Lipinski definition) is 2. The second kappa shape index (κ2) is 7.91. The number of para-hydroxylation sites is 1. The van der Waals surface area contributed by atoms with Crippen LogP contribution in [0.5, 0.6) is 0 Å². The van der Waals surface area contributed by atoms with Gasteiger partial charge in [0.25, 0.3) is 0 Å². The quantitative estimate of drug-likeness (QED) is 0.605. The van der Waals surface area contributed by atoms with Gasteiger partial charge in [-0.25, -0.2) is 5.84 Å². The number of hydrogen-bond acceptors (Lipinski definition) is 4.